The molecule has 0 spiro atoms. The van der Waals surface area contributed by atoms with Crippen LogP contribution in [0, 0.1) is 0 Å². The molecule has 0 radical (unpaired) electrons. The first-order valence-corrected chi connectivity index (χ1v) is 16.9. The maximum Gasteiger partial charge on any atom is 0.167 e. The second-order valence-corrected chi connectivity index (χ2v) is 14.8. The van der Waals surface area contributed by atoms with Gasteiger partial charge in [0.15, 0.2) is 5.69 Å². The Hall–Kier alpha value is -4.53. The summed E-state index contributed by atoms with van der Waals surface area (Å²) >= 11 is 0. The van der Waals surface area contributed by atoms with Crippen LogP contribution in [0.25, 0.3) is 5.70 Å². The number of nitrogens with one attached hydrogen (secondary N) is 1. The Bertz CT molecular complexity index is 1690. The number of allylic oxidation sites excluding steroid dienone is 1. The summed E-state index contributed by atoms with van der Waals surface area (Å²) in [4.78, 5) is 0. The second kappa shape index (κ2) is 13.5. The molecule has 0 saturated heterocycles. The highest BCUT2D eigenvalue weighted by Crippen LogP contribution is 2.50. The van der Waals surface area contributed by atoms with Crippen LogP contribution in [0.4, 0.5) is 5.69 Å². The summed E-state index contributed by atoms with van der Waals surface area (Å²) in [5.41, 5.74) is 7.14. The fourth-order valence-corrected chi connectivity index (χ4v) is 6.24. The van der Waals surface area contributed by atoms with Gasteiger partial charge in [0, 0.05) is 0 Å². The molecule has 260 valence electrons. The Balaban J connectivity index is 2.19. The van der Waals surface area contributed by atoms with E-state index >= 15 is 0 Å². The summed E-state index contributed by atoms with van der Waals surface area (Å²) in [6, 6.07) is 5.38. The molecule has 0 saturated carbocycles. The van der Waals surface area contributed by atoms with Crippen LogP contribution in [-0.2, 0) is 0 Å². The lowest BCUT2D eigenvalue weighted by atomic mass is 9.87. The van der Waals surface area contributed by atoms with Gasteiger partial charge in [-0.25, -0.2) is 0 Å². The van der Waals surface area contributed by atoms with E-state index in [9.17, 15) is 30.6 Å². The van der Waals surface area contributed by atoms with Crippen LogP contribution in [0.1, 0.15) is 163 Å². The fraction of sp³-hybridized carbons (Fsp3) is 0.462. The van der Waals surface area contributed by atoms with Crippen molar-refractivity contribution >= 4 is 17.1 Å². The predicted octanol–water partition coefficient (Wildman–Crippen LogP) is 9.43. The molecule has 4 rings (SSSR count). The molecule has 0 unspecified atom stereocenters. The zero-order chi connectivity index (χ0) is 36.1. The highest BCUT2D eigenvalue weighted by Gasteiger charge is 2.33. The van der Waals surface area contributed by atoms with Gasteiger partial charge >= 0.3 is 0 Å². The normalized spacial score (nSPS) is 13.8. The summed E-state index contributed by atoms with van der Waals surface area (Å²) in [5, 5.41) is 76.1. The van der Waals surface area contributed by atoms with Crippen molar-refractivity contribution in [3.63, 3.8) is 0 Å². The smallest absolute Gasteiger partial charge is 0.167 e. The number of nitrogens with zero attached hydrogens (tertiary/aromatic N) is 2. The van der Waals surface area contributed by atoms with Crippen molar-refractivity contribution in [1.82, 2.24) is 5.43 Å². The number of hydrogen-bond acceptors (Lipinski definition) is 9. The maximum absolute atomic E-state index is 11.7. The van der Waals surface area contributed by atoms with Crippen LogP contribution < -0.4 is 10.5 Å². The zero-order valence-electron chi connectivity index (χ0n) is 30.4. The van der Waals surface area contributed by atoms with Crippen molar-refractivity contribution in [2.45, 2.75) is 119 Å². The molecule has 1 heterocycles. The zero-order valence-corrected chi connectivity index (χ0v) is 30.4. The van der Waals surface area contributed by atoms with Gasteiger partial charge < -0.3 is 30.6 Å². The van der Waals surface area contributed by atoms with Crippen molar-refractivity contribution < 1.29 is 30.6 Å². The van der Waals surface area contributed by atoms with Crippen molar-refractivity contribution in [3.8, 4) is 34.5 Å². The van der Waals surface area contributed by atoms with E-state index in [1.54, 1.807) is 24.3 Å². The van der Waals surface area contributed by atoms with Crippen LogP contribution in [0.5, 0.6) is 34.5 Å². The first-order chi connectivity index (χ1) is 22.3. The molecular weight excluding hydrogens is 606 g/mol. The van der Waals surface area contributed by atoms with E-state index in [4.69, 9.17) is 5.10 Å². The number of phenolic OH excluding ortho intramolecular Hbond substituents is 6. The Kier molecular flexibility index (Phi) is 10.2. The topological polar surface area (TPSA) is 149 Å². The molecule has 0 aliphatic carbocycles. The molecule has 9 heteroatoms. The third-order valence-corrected chi connectivity index (χ3v) is 9.15. The van der Waals surface area contributed by atoms with E-state index in [-0.39, 0.29) is 98.2 Å². The Morgan fingerprint density at radius 2 is 0.750 bits per heavy atom. The summed E-state index contributed by atoms with van der Waals surface area (Å²) in [6.45, 7) is 23.3. The molecule has 0 aromatic heterocycles. The minimum Gasteiger partial charge on any atom is -0.507 e. The largest absolute Gasteiger partial charge is 0.507 e. The Morgan fingerprint density at radius 1 is 0.458 bits per heavy atom. The number of hydrazine groups is 1. The standard InChI is InChI=1S/C39H53N3O6/c1-17(2)23-13-24(18(3)4)35(44)31(34(23)43)29-16-30(32-36(45)25(19(5)6)14-26(20(7)8)37(32)46)41-42(40-29)33-38(47)27(21(9)10)15-28(22(11)12)39(33)48/h13-22,40,43-48H,1-12H3. The van der Waals surface area contributed by atoms with Crippen LogP contribution in [0.15, 0.2) is 29.4 Å². The molecule has 3 aromatic rings. The van der Waals surface area contributed by atoms with Gasteiger partial charge in [0.2, 0.25) is 0 Å². The van der Waals surface area contributed by atoms with Gasteiger partial charge in [0.05, 0.1) is 16.8 Å². The lowest BCUT2D eigenvalue weighted by Crippen LogP contribution is -2.37. The summed E-state index contributed by atoms with van der Waals surface area (Å²) < 4.78 is 0. The summed E-state index contributed by atoms with van der Waals surface area (Å²) in [7, 11) is 0. The monoisotopic (exact) mass is 659 g/mol. The first-order valence-electron chi connectivity index (χ1n) is 16.9. The average Bonchev–Trinajstić information content (AvgIpc) is 2.96. The van der Waals surface area contributed by atoms with E-state index in [0.717, 1.165) is 0 Å². The molecule has 0 amide bonds. The molecule has 1 aliphatic rings. The van der Waals surface area contributed by atoms with Crippen LogP contribution in [-0.4, -0.2) is 36.4 Å². The molecular formula is C39H53N3O6. The van der Waals surface area contributed by atoms with Gasteiger partial charge in [-0.2, -0.15) is 10.2 Å². The Labute approximate surface area is 284 Å². The van der Waals surface area contributed by atoms with Crippen LogP contribution in [0.3, 0.4) is 0 Å². The summed E-state index contributed by atoms with van der Waals surface area (Å²) in [5.74, 6) is -1.64. The molecule has 0 fully saturated rings. The lowest BCUT2D eigenvalue weighted by molar-refractivity contribution is 0.432. The second-order valence-electron chi connectivity index (χ2n) is 14.8. The summed E-state index contributed by atoms with van der Waals surface area (Å²) in [6.07, 6.45) is 1.55. The molecule has 0 atom stereocenters. The van der Waals surface area contributed by atoms with Crippen molar-refractivity contribution in [1.29, 1.82) is 0 Å². The van der Waals surface area contributed by atoms with Gasteiger partial charge in [-0.3, -0.25) is 5.43 Å². The van der Waals surface area contributed by atoms with E-state index < -0.39 is 0 Å². The van der Waals surface area contributed by atoms with Crippen molar-refractivity contribution in [2.75, 3.05) is 5.12 Å². The lowest BCUT2D eigenvalue weighted by Gasteiger charge is -2.32. The average molecular weight is 660 g/mol. The minimum absolute atomic E-state index is 0.0425. The van der Waals surface area contributed by atoms with Crippen LogP contribution >= 0.6 is 0 Å². The predicted molar refractivity (Wildman–Crippen MR) is 194 cm³/mol. The number of phenols is 6. The van der Waals surface area contributed by atoms with E-state index in [2.05, 4.69) is 5.43 Å². The minimum atomic E-state index is -0.205. The molecule has 48 heavy (non-hydrogen) atoms. The van der Waals surface area contributed by atoms with Gasteiger partial charge in [-0.1, -0.05) is 83.1 Å². The molecule has 1 aliphatic heterocycles. The number of aromatic hydroxyl groups is 6. The van der Waals surface area contributed by atoms with Crippen molar-refractivity contribution in [3.05, 3.63) is 68.8 Å². The van der Waals surface area contributed by atoms with Gasteiger partial charge in [-0.15, -0.1) is 0 Å². The number of rotatable bonds is 9. The Morgan fingerprint density at radius 3 is 1.06 bits per heavy atom. The van der Waals surface area contributed by atoms with E-state index in [0.29, 0.717) is 33.4 Å². The first kappa shape index (κ1) is 36.3. The molecule has 0 bridgehead atoms. The number of hydrazone groups is 1. The third kappa shape index (κ3) is 6.34. The van der Waals surface area contributed by atoms with Gasteiger partial charge in [0.25, 0.3) is 0 Å². The van der Waals surface area contributed by atoms with E-state index in [1.165, 1.54) is 5.12 Å². The third-order valence-electron chi connectivity index (χ3n) is 9.15. The fourth-order valence-electron chi connectivity index (χ4n) is 6.24. The highest BCUT2D eigenvalue weighted by atomic mass is 16.3. The number of anilines is 1. The maximum atomic E-state index is 11.7. The molecule has 9 nitrogen and oxygen atoms in total. The van der Waals surface area contributed by atoms with Gasteiger partial charge in [-0.05, 0) is 93.2 Å². The van der Waals surface area contributed by atoms with E-state index in [1.807, 2.05) is 83.1 Å². The van der Waals surface area contributed by atoms with Crippen molar-refractivity contribution in [2.24, 2.45) is 5.10 Å². The SMILES string of the molecule is CC(C)c1cc(C(C)C)c(O)c(C2=CC(c3c(O)c(C(C)C)cc(C(C)C)c3O)=NN(c3c(O)c(C(C)C)cc(C(C)C)c3O)N2)c1O. The van der Waals surface area contributed by atoms with Gasteiger partial charge in [0.1, 0.15) is 40.2 Å². The highest BCUT2D eigenvalue weighted by molar-refractivity contribution is 6.17. The number of benzene rings is 3. The van der Waals surface area contributed by atoms with Crippen LogP contribution in [0.2, 0.25) is 0 Å². The molecule has 3 aromatic carbocycles. The number of hydrogen-bond donors (Lipinski definition) is 7. The molecule has 7 N–H and O–H groups in total. The quantitative estimate of drug-likeness (QED) is 0.120.